The Kier molecular flexibility index (Phi) is 3.20. The maximum absolute atomic E-state index is 11.1. The molecule has 1 unspecified atom stereocenters. The van der Waals surface area contributed by atoms with E-state index in [0.717, 1.165) is 6.08 Å². The highest BCUT2D eigenvalue weighted by Crippen LogP contribution is 2.15. The zero-order valence-corrected chi connectivity index (χ0v) is 7.57. The second-order valence-corrected chi connectivity index (χ2v) is 2.71. The minimum atomic E-state index is -0.688. The average molecular weight is 195 g/mol. The number of ether oxygens (including phenoxy) is 1. The third-order valence-corrected chi connectivity index (χ3v) is 1.87. The molecule has 1 aliphatic rings. The number of methoxy groups -OCH3 is 1. The largest absolute Gasteiger partial charge is 0.466 e. The van der Waals surface area contributed by atoms with E-state index < -0.39 is 11.9 Å². The Labute approximate surface area is 80.4 Å². The lowest BCUT2D eigenvalue weighted by atomic mass is 10.0. The first-order chi connectivity index (χ1) is 6.69. The predicted octanol–water partition coefficient (Wildman–Crippen LogP) is -0.780. The molecule has 0 radical (unpaired) electrons. The van der Waals surface area contributed by atoms with Gasteiger partial charge in [-0.3, -0.25) is 4.79 Å². The van der Waals surface area contributed by atoms with Crippen molar-refractivity contribution in [2.24, 2.45) is 5.92 Å². The first-order valence-corrected chi connectivity index (χ1v) is 3.96. The molecule has 1 fully saturated rings. The van der Waals surface area contributed by atoms with Gasteiger partial charge in [-0.15, -0.1) is 0 Å². The molecule has 1 atom stereocenters. The predicted molar refractivity (Wildman–Crippen MR) is 46.9 cm³/mol. The summed E-state index contributed by atoms with van der Waals surface area (Å²) in [6.45, 7) is 0.193. The summed E-state index contributed by atoms with van der Waals surface area (Å²) in [5.41, 5.74) is 0.301. The van der Waals surface area contributed by atoms with E-state index in [4.69, 9.17) is 0 Å². The molecule has 1 saturated heterocycles. The molecule has 1 heterocycles. The van der Waals surface area contributed by atoms with E-state index in [-0.39, 0.29) is 12.5 Å². The van der Waals surface area contributed by atoms with Crippen LogP contribution >= 0.6 is 0 Å². The van der Waals surface area contributed by atoms with Gasteiger partial charge in [0.25, 0.3) is 0 Å². The Morgan fingerprint density at radius 3 is 3.00 bits per heavy atom. The molecule has 0 spiro atoms. The summed E-state index contributed by atoms with van der Waals surface area (Å²) in [6, 6.07) is 0. The third kappa shape index (κ3) is 2.08. The van der Waals surface area contributed by atoms with Crippen LogP contribution in [-0.2, 0) is 19.1 Å². The van der Waals surface area contributed by atoms with Crippen molar-refractivity contribution in [2.75, 3.05) is 13.7 Å². The fourth-order valence-electron chi connectivity index (χ4n) is 1.11. The summed E-state index contributed by atoms with van der Waals surface area (Å²) in [4.78, 5) is 32.2. The quantitative estimate of drug-likeness (QED) is 0.356. The van der Waals surface area contributed by atoms with Crippen molar-refractivity contribution in [2.45, 2.75) is 0 Å². The summed E-state index contributed by atoms with van der Waals surface area (Å²) in [6.07, 6.45) is 2.45. The monoisotopic (exact) mass is 195 g/mol. The van der Waals surface area contributed by atoms with Crippen molar-refractivity contribution in [1.29, 1.82) is 0 Å². The molecule has 14 heavy (non-hydrogen) atoms. The lowest BCUT2D eigenvalue weighted by molar-refractivity contribution is -0.134. The molecule has 0 aromatic rings. The summed E-state index contributed by atoms with van der Waals surface area (Å²) in [5.74, 6) is 0.115. The number of nitrogens with one attached hydrogen (secondary N) is 1. The normalized spacial score (nSPS) is 20.8. The van der Waals surface area contributed by atoms with Crippen LogP contribution in [0.4, 0.5) is 0 Å². The first kappa shape index (κ1) is 10.2. The highest BCUT2D eigenvalue weighted by atomic mass is 16.5. The Hall–Kier alpha value is -1.87. The van der Waals surface area contributed by atoms with Crippen LogP contribution in [0.1, 0.15) is 0 Å². The van der Waals surface area contributed by atoms with Crippen molar-refractivity contribution in [3.05, 3.63) is 17.7 Å². The molecule has 1 aliphatic heterocycles. The second-order valence-electron chi connectivity index (χ2n) is 2.71. The van der Waals surface area contributed by atoms with E-state index in [1.165, 1.54) is 13.2 Å². The van der Waals surface area contributed by atoms with Gasteiger partial charge in [-0.25, -0.2) is 9.59 Å². The van der Waals surface area contributed by atoms with Gasteiger partial charge in [0.15, 0.2) is 0 Å². The van der Waals surface area contributed by atoms with Gasteiger partial charge in [-0.1, -0.05) is 6.08 Å². The van der Waals surface area contributed by atoms with Crippen LogP contribution in [-0.4, -0.2) is 31.5 Å². The van der Waals surface area contributed by atoms with Crippen LogP contribution in [0.3, 0.4) is 0 Å². The summed E-state index contributed by atoms with van der Waals surface area (Å²) >= 11 is 0. The Morgan fingerprint density at radius 1 is 1.71 bits per heavy atom. The van der Waals surface area contributed by atoms with Gasteiger partial charge in [-0.2, -0.15) is 0 Å². The lowest BCUT2D eigenvalue weighted by Crippen LogP contribution is -2.17. The molecule has 5 heteroatoms. The van der Waals surface area contributed by atoms with Crippen LogP contribution in [0.15, 0.2) is 17.7 Å². The molecule has 1 N–H and O–H groups in total. The van der Waals surface area contributed by atoms with Crippen LogP contribution in [0.25, 0.3) is 0 Å². The van der Waals surface area contributed by atoms with Crippen LogP contribution in [0.2, 0.25) is 0 Å². The van der Waals surface area contributed by atoms with Crippen molar-refractivity contribution in [3.8, 4) is 0 Å². The minimum absolute atomic E-state index is 0.193. The molecule has 1 amide bonds. The fraction of sp³-hybridized carbons (Fsp3) is 0.333. The molecule has 0 saturated carbocycles. The van der Waals surface area contributed by atoms with Crippen molar-refractivity contribution >= 4 is 17.8 Å². The number of esters is 1. The molecule has 0 aromatic heterocycles. The molecular formula is C9H9NO4. The van der Waals surface area contributed by atoms with Crippen LogP contribution in [0.5, 0.6) is 0 Å². The molecule has 5 nitrogen and oxygen atoms in total. The molecule has 74 valence electrons. The van der Waals surface area contributed by atoms with Gasteiger partial charge in [0, 0.05) is 11.6 Å². The zero-order chi connectivity index (χ0) is 10.6. The summed E-state index contributed by atoms with van der Waals surface area (Å²) in [7, 11) is 1.23. The molecule has 0 aromatic carbocycles. The first-order valence-electron chi connectivity index (χ1n) is 3.96. The molecule has 0 aliphatic carbocycles. The number of rotatable bonds is 2. The van der Waals surface area contributed by atoms with Gasteiger partial charge in [0.05, 0.1) is 19.6 Å². The van der Waals surface area contributed by atoms with E-state index in [0.29, 0.717) is 5.57 Å². The van der Waals surface area contributed by atoms with Crippen molar-refractivity contribution < 1.29 is 19.1 Å². The van der Waals surface area contributed by atoms with Gasteiger partial charge < -0.3 is 10.1 Å². The molecule has 0 bridgehead atoms. The summed E-state index contributed by atoms with van der Waals surface area (Å²) < 4.78 is 4.35. The maximum Gasteiger partial charge on any atom is 0.330 e. The van der Waals surface area contributed by atoms with Gasteiger partial charge in [0.2, 0.25) is 5.91 Å². The van der Waals surface area contributed by atoms with Crippen molar-refractivity contribution in [1.82, 2.24) is 5.32 Å². The van der Waals surface area contributed by atoms with Gasteiger partial charge in [0.1, 0.15) is 5.94 Å². The number of carbonyl (C=O) groups is 2. The molecule has 1 rings (SSSR count). The number of carbonyl (C=O) groups excluding carboxylic acids is 3. The third-order valence-electron chi connectivity index (χ3n) is 1.87. The number of hydrogen-bond donors (Lipinski definition) is 1. The standard InChI is InChI=1S/C9H9NO4/c1-14-8(12)3-2-7-6(5-11)4-10-9(7)13/h2-3,7H,4H2,1H3,(H,10,13). The van der Waals surface area contributed by atoms with Crippen molar-refractivity contribution in [3.63, 3.8) is 0 Å². The van der Waals surface area contributed by atoms with Gasteiger partial charge >= 0.3 is 5.97 Å². The Bertz CT molecular complexity index is 339. The zero-order valence-electron chi connectivity index (χ0n) is 7.57. The SMILES string of the molecule is COC(=O)C=CC1C(=O)NCC1=C=O. The summed E-state index contributed by atoms with van der Waals surface area (Å²) in [5, 5.41) is 2.47. The van der Waals surface area contributed by atoms with E-state index in [2.05, 4.69) is 10.1 Å². The Morgan fingerprint density at radius 2 is 2.43 bits per heavy atom. The second kappa shape index (κ2) is 4.39. The molecular weight excluding hydrogens is 186 g/mol. The topological polar surface area (TPSA) is 72.5 Å². The smallest absolute Gasteiger partial charge is 0.330 e. The maximum atomic E-state index is 11.1. The Balaban J connectivity index is 2.76. The van der Waals surface area contributed by atoms with E-state index in [1.54, 1.807) is 5.94 Å². The van der Waals surface area contributed by atoms with Crippen LogP contribution in [0, 0.1) is 5.92 Å². The van der Waals surface area contributed by atoms with E-state index in [1.807, 2.05) is 0 Å². The fourth-order valence-corrected chi connectivity index (χ4v) is 1.11. The van der Waals surface area contributed by atoms with Gasteiger partial charge in [-0.05, 0) is 0 Å². The average Bonchev–Trinajstić information content (AvgIpc) is 2.55. The lowest BCUT2D eigenvalue weighted by Gasteiger charge is -1.97. The van der Waals surface area contributed by atoms with Crippen LogP contribution < -0.4 is 5.32 Å². The highest BCUT2D eigenvalue weighted by Gasteiger charge is 2.28. The van der Waals surface area contributed by atoms with E-state index >= 15 is 0 Å². The number of hydrogen-bond acceptors (Lipinski definition) is 4. The van der Waals surface area contributed by atoms with E-state index in [9.17, 15) is 14.4 Å². The highest BCUT2D eigenvalue weighted by molar-refractivity contribution is 5.91. The number of amides is 1. The minimum Gasteiger partial charge on any atom is -0.466 e.